The Kier molecular flexibility index (Phi) is 4.37. The number of aromatic amines is 1. The van der Waals surface area contributed by atoms with E-state index in [0.29, 0.717) is 29.2 Å². The molecule has 0 aliphatic carbocycles. The Hall–Kier alpha value is -4.58. The summed E-state index contributed by atoms with van der Waals surface area (Å²) in [6, 6.07) is 13.4. The number of benzene rings is 1. The average Bonchev–Trinajstić information content (AvgIpc) is 3.41. The van der Waals surface area contributed by atoms with Crippen molar-refractivity contribution < 1.29 is 0 Å². The summed E-state index contributed by atoms with van der Waals surface area (Å²) in [5.74, 6) is 0.129. The zero-order chi connectivity index (χ0) is 21.4. The Bertz CT molecular complexity index is 1460. The topological polar surface area (TPSA) is 135 Å². The van der Waals surface area contributed by atoms with E-state index in [1.807, 2.05) is 43.6 Å². The van der Waals surface area contributed by atoms with Gasteiger partial charge in [0.15, 0.2) is 0 Å². The van der Waals surface area contributed by atoms with Crippen molar-refractivity contribution in [2.24, 2.45) is 0 Å². The molecule has 0 saturated carbocycles. The highest BCUT2D eigenvalue weighted by Gasteiger charge is 2.14. The van der Waals surface area contributed by atoms with E-state index in [-0.39, 0.29) is 5.95 Å². The van der Waals surface area contributed by atoms with E-state index in [2.05, 4.69) is 36.3 Å². The molecule has 5 aromatic rings. The van der Waals surface area contributed by atoms with E-state index in [4.69, 9.17) is 5.73 Å². The zero-order valence-electron chi connectivity index (χ0n) is 16.6. The summed E-state index contributed by atoms with van der Waals surface area (Å²) in [6.07, 6.45) is 5.50. The number of anilines is 1. The predicted octanol–water partition coefficient (Wildman–Crippen LogP) is 3.09. The fourth-order valence-corrected chi connectivity index (χ4v) is 3.57. The number of hydrogen-bond donors (Lipinski definition) is 2. The standard InChI is InChI=1S/C22H17N9/c1-13-14(9-23)4-2-5-16(13)18-8-19(28-22(24)27-18)20-12-31(30-29-20)11-15-10-26-17-6-3-7-25-21(15)17/h2-8,10,12,26H,11H2,1H3,(H2,24,27,28). The van der Waals surface area contributed by atoms with Crippen LogP contribution in [0.3, 0.4) is 0 Å². The lowest BCUT2D eigenvalue weighted by atomic mass is 10.00. The summed E-state index contributed by atoms with van der Waals surface area (Å²) in [4.78, 5) is 16.3. The first-order chi connectivity index (χ1) is 15.1. The van der Waals surface area contributed by atoms with Gasteiger partial charge < -0.3 is 10.7 Å². The zero-order valence-corrected chi connectivity index (χ0v) is 16.6. The minimum atomic E-state index is 0.129. The number of fused-ring (bicyclic) bond motifs is 1. The SMILES string of the molecule is Cc1c(C#N)cccc1-c1cc(-c2cn(Cc3c[nH]c4cccnc34)nn2)nc(N)n1. The molecule has 0 spiro atoms. The van der Waals surface area contributed by atoms with Gasteiger partial charge in [-0.25, -0.2) is 14.6 Å². The highest BCUT2D eigenvalue weighted by Crippen LogP contribution is 2.27. The Morgan fingerprint density at radius 2 is 2.00 bits per heavy atom. The normalized spacial score (nSPS) is 11.0. The Labute approximate surface area is 177 Å². The van der Waals surface area contributed by atoms with E-state index in [1.165, 1.54) is 0 Å². The smallest absolute Gasteiger partial charge is 0.221 e. The van der Waals surface area contributed by atoms with Crippen LogP contribution in [0.25, 0.3) is 33.7 Å². The average molecular weight is 407 g/mol. The second-order valence-electron chi connectivity index (χ2n) is 7.10. The van der Waals surface area contributed by atoms with E-state index >= 15 is 0 Å². The number of H-pyrrole nitrogens is 1. The third kappa shape index (κ3) is 3.36. The molecule has 150 valence electrons. The maximum Gasteiger partial charge on any atom is 0.221 e. The molecule has 0 saturated heterocycles. The molecule has 3 N–H and O–H groups in total. The molecule has 0 radical (unpaired) electrons. The number of pyridine rings is 1. The van der Waals surface area contributed by atoms with Gasteiger partial charge in [-0.2, -0.15) is 5.26 Å². The van der Waals surface area contributed by atoms with E-state index in [1.54, 1.807) is 23.0 Å². The van der Waals surface area contributed by atoms with E-state index in [0.717, 1.165) is 27.7 Å². The number of nitriles is 1. The van der Waals surface area contributed by atoms with Crippen LogP contribution in [0.2, 0.25) is 0 Å². The van der Waals surface area contributed by atoms with Gasteiger partial charge in [0.25, 0.3) is 0 Å². The van der Waals surface area contributed by atoms with Gasteiger partial charge in [-0.05, 0) is 36.8 Å². The number of nitrogens with two attached hydrogens (primary N) is 1. The van der Waals surface area contributed by atoms with E-state index in [9.17, 15) is 5.26 Å². The van der Waals surface area contributed by atoms with Gasteiger partial charge in [0.2, 0.25) is 5.95 Å². The molecule has 0 aliphatic rings. The van der Waals surface area contributed by atoms with Crippen LogP contribution in [0.4, 0.5) is 5.95 Å². The van der Waals surface area contributed by atoms with Crippen molar-refractivity contribution in [1.29, 1.82) is 5.26 Å². The van der Waals surface area contributed by atoms with Gasteiger partial charge in [0.1, 0.15) is 5.69 Å². The maximum atomic E-state index is 9.32. The van der Waals surface area contributed by atoms with Crippen molar-refractivity contribution in [3.05, 3.63) is 71.7 Å². The molecule has 4 heterocycles. The van der Waals surface area contributed by atoms with Crippen LogP contribution in [0.1, 0.15) is 16.7 Å². The lowest BCUT2D eigenvalue weighted by molar-refractivity contribution is 0.652. The molecular weight excluding hydrogens is 390 g/mol. The minimum Gasteiger partial charge on any atom is -0.368 e. The van der Waals surface area contributed by atoms with Gasteiger partial charge in [-0.1, -0.05) is 17.3 Å². The Morgan fingerprint density at radius 3 is 2.87 bits per heavy atom. The summed E-state index contributed by atoms with van der Waals surface area (Å²) in [6.45, 7) is 2.40. The highest BCUT2D eigenvalue weighted by atomic mass is 15.4. The molecule has 0 atom stereocenters. The van der Waals surface area contributed by atoms with Gasteiger partial charge in [-0.3, -0.25) is 4.98 Å². The molecule has 0 fully saturated rings. The second kappa shape index (κ2) is 7.35. The molecule has 9 nitrogen and oxygen atoms in total. The number of rotatable bonds is 4. The van der Waals surface area contributed by atoms with Crippen molar-refractivity contribution in [2.75, 3.05) is 5.73 Å². The monoisotopic (exact) mass is 407 g/mol. The fraction of sp³-hybridized carbons (Fsp3) is 0.0909. The molecule has 9 heteroatoms. The lowest BCUT2D eigenvalue weighted by Gasteiger charge is -2.08. The third-order valence-electron chi connectivity index (χ3n) is 5.12. The van der Waals surface area contributed by atoms with Crippen LogP contribution in [0, 0.1) is 18.3 Å². The Morgan fingerprint density at radius 1 is 1.13 bits per heavy atom. The summed E-state index contributed by atoms with van der Waals surface area (Å²) < 4.78 is 1.73. The first-order valence-electron chi connectivity index (χ1n) is 9.58. The molecule has 31 heavy (non-hydrogen) atoms. The number of nitrogens with zero attached hydrogens (tertiary/aromatic N) is 7. The summed E-state index contributed by atoms with van der Waals surface area (Å²) >= 11 is 0. The van der Waals surface area contributed by atoms with Crippen LogP contribution >= 0.6 is 0 Å². The van der Waals surface area contributed by atoms with Gasteiger partial charge >= 0.3 is 0 Å². The van der Waals surface area contributed by atoms with Crippen molar-refractivity contribution in [3.63, 3.8) is 0 Å². The molecule has 0 amide bonds. The first kappa shape index (κ1) is 18.4. The molecule has 4 aromatic heterocycles. The molecular formula is C22H17N9. The molecule has 5 rings (SSSR count). The maximum absolute atomic E-state index is 9.32. The largest absolute Gasteiger partial charge is 0.368 e. The van der Waals surface area contributed by atoms with Crippen LogP contribution in [-0.4, -0.2) is 34.9 Å². The van der Waals surface area contributed by atoms with Crippen molar-refractivity contribution in [1.82, 2.24) is 34.9 Å². The molecule has 0 aliphatic heterocycles. The number of aromatic nitrogens is 7. The van der Waals surface area contributed by atoms with Gasteiger partial charge in [-0.15, -0.1) is 5.10 Å². The van der Waals surface area contributed by atoms with Crippen LogP contribution in [0.15, 0.2) is 55.0 Å². The third-order valence-corrected chi connectivity index (χ3v) is 5.12. The van der Waals surface area contributed by atoms with Gasteiger partial charge in [0.05, 0.1) is 46.8 Å². The fourth-order valence-electron chi connectivity index (χ4n) is 3.57. The van der Waals surface area contributed by atoms with Crippen LogP contribution in [0.5, 0.6) is 0 Å². The summed E-state index contributed by atoms with van der Waals surface area (Å²) in [5.41, 5.74) is 12.9. The molecule has 0 unspecified atom stereocenters. The summed E-state index contributed by atoms with van der Waals surface area (Å²) in [7, 11) is 0. The van der Waals surface area contributed by atoms with Crippen molar-refractivity contribution in [3.8, 4) is 28.7 Å². The molecule has 1 aromatic carbocycles. The van der Waals surface area contributed by atoms with Crippen molar-refractivity contribution >= 4 is 17.0 Å². The predicted molar refractivity (Wildman–Crippen MR) is 116 cm³/mol. The number of nitrogens with one attached hydrogen (secondary N) is 1. The molecule has 0 bridgehead atoms. The lowest BCUT2D eigenvalue weighted by Crippen LogP contribution is -2.00. The first-order valence-corrected chi connectivity index (χ1v) is 9.58. The Balaban J connectivity index is 1.49. The van der Waals surface area contributed by atoms with Crippen LogP contribution < -0.4 is 5.73 Å². The minimum absolute atomic E-state index is 0.129. The number of hydrogen-bond acceptors (Lipinski definition) is 7. The second-order valence-corrected chi connectivity index (χ2v) is 7.10. The van der Waals surface area contributed by atoms with Crippen molar-refractivity contribution in [2.45, 2.75) is 13.5 Å². The summed E-state index contributed by atoms with van der Waals surface area (Å²) in [5, 5.41) is 17.8. The number of nitrogen functional groups attached to an aromatic ring is 1. The quantitative estimate of drug-likeness (QED) is 0.467. The van der Waals surface area contributed by atoms with E-state index < -0.39 is 0 Å². The van der Waals surface area contributed by atoms with Crippen LogP contribution in [-0.2, 0) is 6.54 Å². The highest BCUT2D eigenvalue weighted by molar-refractivity contribution is 5.78. The van der Waals surface area contributed by atoms with Gasteiger partial charge in [0, 0.05) is 23.5 Å².